The Morgan fingerprint density at radius 3 is 2.48 bits per heavy atom. The SMILES string of the molecule is O=C(Nc1ccc(F)cc1)Nc1nnc(Cc2ccccc2)o1. The molecule has 1 aromatic heterocycles. The van der Waals surface area contributed by atoms with Gasteiger partial charge in [0.15, 0.2) is 0 Å². The van der Waals surface area contributed by atoms with E-state index in [2.05, 4.69) is 20.8 Å². The second kappa shape index (κ2) is 6.69. The highest BCUT2D eigenvalue weighted by molar-refractivity contribution is 5.98. The first-order valence-corrected chi connectivity index (χ1v) is 6.89. The molecule has 3 rings (SSSR count). The lowest BCUT2D eigenvalue weighted by atomic mass is 10.2. The number of carbonyl (C=O) groups is 1. The van der Waals surface area contributed by atoms with Crippen molar-refractivity contribution in [3.05, 3.63) is 71.9 Å². The zero-order valence-corrected chi connectivity index (χ0v) is 12.0. The summed E-state index contributed by atoms with van der Waals surface area (Å²) >= 11 is 0. The topological polar surface area (TPSA) is 80.0 Å². The number of rotatable bonds is 4. The second-order valence-electron chi connectivity index (χ2n) is 4.75. The zero-order chi connectivity index (χ0) is 16.1. The fourth-order valence-electron chi connectivity index (χ4n) is 1.94. The van der Waals surface area contributed by atoms with Crippen LogP contribution in [0.25, 0.3) is 0 Å². The monoisotopic (exact) mass is 312 g/mol. The van der Waals surface area contributed by atoms with Gasteiger partial charge in [-0.3, -0.25) is 5.32 Å². The molecule has 0 aliphatic rings. The number of carbonyl (C=O) groups excluding carboxylic acids is 1. The fourth-order valence-corrected chi connectivity index (χ4v) is 1.94. The number of halogens is 1. The standard InChI is InChI=1S/C16H13FN4O2/c17-12-6-8-13(9-7-12)18-15(22)19-16-21-20-14(23-16)10-11-4-2-1-3-5-11/h1-9H,10H2,(H2,18,19,21,22). The van der Waals surface area contributed by atoms with Crippen molar-refractivity contribution >= 4 is 17.7 Å². The summed E-state index contributed by atoms with van der Waals surface area (Å²) in [5.41, 5.74) is 1.48. The third-order valence-corrected chi connectivity index (χ3v) is 2.99. The van der Waals surface area contributed by atoms with Gasteiger partial charge in [0.25, 0.3) is 0 Å². The highest BCUT2D eigenvalue weighted by atomic mass is 19.1. The van der Waals surface area contributed by atoms with E-state index < -0.39 is 6.03 Å². The molecule has 0 aliphatic heterocycles. The molecule has 0 unspecified atom stereocenters. The maximum atomic E-state index is 12.8. The second-order valence-corrected chi connectivity index (χ2v) is 4.75. The van der Waals surface area contributed by atoms with E-state index in [1.807, 2.05) is 30.3 Å². The van der Waals surface area contributed by atoms with Crippen molar-refractivity contribution in [3.63, 3.8) is 0 Å². The molecule has 0 aliphatic carbocycles. The number of benzene rings is 2. The predicted octanol–water partition coefficient (Wildman–Crippen LogP) is 3.44. The van der Waals surface area contributed by atoms with E-state index in [0.717, 1.165) is 5.56 Å². The minimum absolute atomic E-state index is 0.00413. The van der Waals surface area contributed by atoms with Crippen LogP contribution in [0.5, 0.6) is 0 Å². The van der Waals surface area contributed by atoms with Gasteiger partial charge in [-0.25, -0.2) is 9.18 Å². The van der Waals surface area contributed by atoms with Gasteiger partial charge < -0.3 is 9.73 Å². The van der Waals surface area contributed by atoms with Crippen LogP contribution in [0.1, 0.15) is 11.5 Å². The minimum Gasteiger partial charge on any atom is -0.407 e. The van der Waals surface area contributed by atoms with Crippen LogP contribution in [0.4, 0.5) is 20.9 Å². The zero-order valence-electron chi connectivity index (χ0n) is 12.0. The highest BCUT2D eigenvalue weighted by Crippen LogP contribution is 2.12. The van der Waals surface area contributed by atoms with Crippen LogP contribution < -0.4 is 10.6 Å². The number of nitrogens with zero attached hydrogens (tertiary/aromatic N) is 2. The van der Waals surface area contributed by atoms with Gasteiger partial charge in [0, 0.05) is 5.69 Å². The molecule has 0 radical (unpaired) electrons. The van der Waals surface area contributed by atoms with Crippen molar-refractivity contribution in [2.24, 2.45) is 0 Å². The van der Waals surface area contributed by atoms with Crippen molar-refractivity contribution in [1.29, 1.82) is 0 Å². The van der Waals surface area contributed by atoms with Crippen molar-refractivity contribution < 1.29 is 13.6 Å². The Bertz CT molecular complexity index is 787. The van der Waals surface area contributed by atoms with Crippen molar-refractivity contribution in [2.75, 3.05) is 10.6 Å². The molecule has 0 spiro atoms. The van der Waals surface area contributed by atoms with Crippen LogP contribution in [0, 0.1) is 5.82 Å². The van der Waals surface area contributed by atoms with Gasteiger partial charge >= 0.3 is 12.0 Å². The van der Waals surface area contributed by atoms with E-state index in [1.54, 1.807) is 0 Å². The molecule has 0 saturated heterocycles. The highest BCUT2D eigenvalue weighted by Gasteiger charge is 2.10. The predicted molar refractivity (Wildman–Crippen MR) is 82.6 cm³/mol. The fraction of sp³-hybridized carbons (Fsp3) is 0.0625. The number of hydrogen-bond donors (Lipinski definition) is 2. The summed E-state index contributed by atoms with van der Waals surface area (Å²) in [6, 6.07) is 14.5. The lowest BCUT2D eigenvalue weighted by molar-refractivity contribution is 0.261. The van der Waals surface area contributed by atoms with E-state index >= 15 is 0 Å². The molecular formula is C16H13FN4O2. The Morgan fingerprint density at radius 1 is 1.00 bits per heavy atom. The average molecular weight is 312 g/mol. The molecule has 116 valence electrons. The van der Waals surface area contributed by atoms with Gasteiger partial charge in [-0.2, -0.15) is 0 Å². The normalized spacial score (nSPS) is 10.3. The molecule has 1 heterocycles. The van der Waals surface area contributed by atoms with Crippen LogP contribution in [0.15, 0.2) is 59.0 Å². The number of anilines is 2. The molecule has 7 heteroatoms. The summed E-state index contributed by atoms with van der Waals surface area (Å²) in [5, 5.41) is 12.6. The maximum absolute atomic E-state index is 12.8. The van der Waals surface area contributed by atoms with Crippen LogP contribution in [0.3, 0.4) is 0 Å². The van der Waals surface area contributed by atoms with Crippen molar-refractivity contribution in [3.8, 4) is 0 Å². The third kappa shape index (κ3) is 4.13. The molecule has 0 saturated carbocycles. The van der Waals surface area contributed by atoms with E-state index in [9.17, 15) is 9.18 Å². The minimum atomic E-state index is -0.550. The molecule has 2 N–H and O–H groups in total. The number of nitrogens with one attached hydrogen (secondary N) is 2. The van der Waals surface area contributed by atoms with Crippen LogP contribution in [0.2, 0.25) is 0 Å². The first-order valence-electron chi connectivity index (χ1n) is 6.89. The van der Waals surface area contributed by atoms with Crippen LogP contribution in [-0.2, 0) is 6.42 Å². The summed E-state index contributed by atoms with van der Waals surface area (Å²) in [5.74, 6) is 0.0201. The lowest BCUT2D eigenvalue weighted by Crippen LogP contribution is -2.19. The van der Waals surface area contributed by atoms with Gasteiger partial charge in [0.2, 0.25) is 5.89 Å². The smallest absolute Gasteiger partial charge is 0.327 e. The lowest BCUT2D eigenvalue weighted by Gasteiger charge is -2.04. The Kier molecular flexibility index (Phi) is 4.28. The van der Waals surface area contributed by atoms with Gasteiger partial charge in [0.05, 0.1) is 6.42 Å². The Hall–Kier alpha value is -3.22. The van der Waals surface area contributed by atoms with Gasteiger partial charge in [-0.15, -0.1) is 5.10 Å². The van der Waals surface area contributed by atoms with E-state index in [0.29, 0.717) is 18.0 Å². The summed E-state index contributed by atoms with van der Waals surface area (Å²) in [6.45, 7) is 0. The summed E-state index contributed by atoms with van der Waals surface area (Å²) < 4.78 is 18.2. The summed E-state index contributed by atoms with van der Waals surface area (Å²) in [6.07, 6.45) is 0.481. The Labute approximate surface area is 131 Å². The van der Waals surface area contributed by atoms with Crippen molar-refractivity contribution in [2.45, 2.75) is 6.42 Å². The van der Waals surface area contributed by atoms with Crippen LogP contribution in [-0.4, -0.2) is 16.2 Å². The molecule has 0 bridgehead atoms. The number of amides is 2. The molecule has 0 atom stereocenters. The molecular weight excluding hydrogens is 299 g/mol. The summed E-state index contributed by atoms with van der Waals surface area (Å²) in [7, 11) is 0. The van der Waals surface area contributed by atoms with Gasteiger partial charge in [0.1, 0.15) is 5.82 Å². The molecule has 3 aromatic rings. The van der Waals surface area contributed by atoms with Gasteiger partial charge in [-0.1, -0.05) is 35.4 Å². The first-order chi connectivity index (χ1) is 11.2. The maximum Gasteiger partial charge on any atom is 0.327 e. The average Bonchev–Trinajstić information content (AvgIpc) is 2.97. The molecule has 2 amide bonds. The largest absolute Gasteiger partial charge is 0.407 e. The Balaban J connectivity index is 1.58. The molecule has 0 fully saturated rings. The van der Waals surface area contributed by atoms with Crippen LogP contribution >= 0.6 is 0 Å². The number of hydrogen-bond acceptors (Lipinski definition) is 4. The number of urea groups is 1. The van der Waals surface area contributed by atoms with Crippen molar-refractivity contribution in [1.82, 2.24) is 10.2 Å². The molecule has 2 aromatic carbocycles. The van der Waals surface area contributed by atoms with E-state index in [1.165, 1.54) is 24.3 Å². The quantitative estimate of drug-likeness (QED) is 0.773. The molecule has 23 heavy (non-hydrogen) atoms. The first kappa shape index (κ1) is 14.7. The van der Waals surface area contributed by atoms with E-state index in [-0.39, 0.29) is 11.8 Å². The van der Waals surface area contributed by atoms with E-state index in [4.69, 9.17) is 4.42 Å². The molecule has 6 nitrogen and oxygen atoms in total. The third-order valence-electron chi connectivity index (χ3n) is 2.99. The van der Waals surface area contributed by atoms with Gasteiger partial charge in [-0.05, 0) is 29.8 Å². The number of aromatic nitrogens is 2. The Morgan fingerprint density at radius 2 is 1.74 bits per heavy atom. The summed E-state index contributed by atoms with van der Waals surface area (Å²) in [4.78, 5) is 11.8.